The molecule has 0 amide bonds. The van der Waals surface area contributed by atoms with Crippen LogP contribution in [0.5, 0.6) is 5.75 Å². The summed E-state index contributed by atoms with van der Waals surface area (Å²) in [5, 5.41) is 3.45. The molecule has 1 unspecified atom stereocenters. The van der Waals surface area contributed by atoms with Crippen LogP contribution < -0.4 is 10.1 Å². The fourth-order valence-corrected chi connectivity index (χ4v) is 2.96. The van der Waals surface area contributed by atoms with Gasteiger partial charge in [-0.1, -0.05) is 13.0 Å². The van der Waals surface area contributed by atoms with Crippen molar-refractivity contribution >= 4 is 0 Å². The van der Waals surface area contributed by atoms with Crippen LogP contribution in [0.25, 0.3) is 5.69 Å². The van der Waals surface area contributed by atoms with Crippen LogP contribution in [-0.2, 0) is 5.41 Å². The molecule has 1 atom stereocenters. The molecule has 1 aromatic heterocycles. The summed E-state index contributed by atoms with van der Waals surface area (Å²) in [6.07, 6.45) is 5.00. The zero-order chi connectivity index (χ0) is 14.2. The van der Waals surface area contributed by atoms with E-state index in [4.69, 9.17) is 4.74 Å². The summed E-state index contributed by atoms with van der Waals surface area (Å²) < 4.78 is 7.68. The molecule has 0 aliphatic carbocycles. The number of imidazole rings is 1. The Bertz CT molecular complexity index is 612. The highest BCUT2D eigenvalue weighted by atomic mass is 16.5. The minimum atomic E-state index is 0.130. The summed E-state index contributed by atoms with van der Waals surface area (Å²) in [5.41, 5.74) is 3.65. The Morgan fingerprint density at radius 1 is 1.40 bits per heavy atom. The second kappa shape index (κ2) is 4.94. The van der Waals surface area contributed by atoms with E-state index in [0.29, 0.717) is 0 Å². The van der Waals surface area contributed by atoms with Gasteiger partial charge < -0.3 is 10.1 Å². The van der Waals surface area contributed by atoms with Crippen LogP contribution in [0.1, 0.15) is 24.6 Å². The summed E-state index contributed by atoms with van der Waals surface area (Å²) in [5.74, 6) is 0.879. The van der Waals surface area contributed by atoms with Gasteiger partial charge in [0.25, 0.3) is 0 Å². The highest BCUT2D eigenvalue weighted by Crippen LogP contribution is 2.34. The molecule has 0 radical (unpaired) electrons. The van der Waals surface area contributed by atoms with Crippen molar-refractivity contribution in [3.05, 3.63) is 42.0 Å². The van der Waals surface area contributed by atoms with Gasteiger partial charge in [0.05, 0.1) is 19.1 Å². The highest BCUT2D eigenvalue weighted by Gasteiger charge is 2.34. The average molecular weight is 271 g/mol. The maximum atomic E-state index is 5.51. The highest BCUT2D eigenvalue weighted by molar-refractivity contribution is 5.50. The predicted octanol–water partition coefficient (Wildman–Crippen LogP) is 2.44. The van der Waals surface area contributed by atoms with Crippen molar-refractivity contribution in [3.8, 4) is 11.4 Å². The van der Waals surface area contributed by atoms with Gasteiger partial charge >= 0.3 is 0 Å². The van der Waals surface area contributed by atoms with Crippen LogP contribution in [-0.4, -0.2) is 29.8 Å². The van der Waals surface area contributed by atoms with Crippen molar-refractivity contribution in [2.45, 2.75) is 25.7 Å². The van der Waals surface area contributed by atoms with Crippen LogP contribution in [0, 0.1) is 6.92 Å². The number of nitrogens with one attached hydrogen (secondary N) is 1. The second-order valence-electron chi connectivity index (χ2n) is 5.81. The lowest BCUT2D eigenvalue weighted by Crippen LogP contribution is -2.27. The molecular weight excluding hydrogens is 250 g/mol. The summed E-state index contributed by atoms with van der Waals surface area (Å²) >= 11 is 0. The molecule has 1 fully saturated rings. The number of rotatable bonds is 3. The average Bonchev–Trinajstić information content (AvgIpc) is 3.08. The number of benzene rings is 1. The largest absolute Gasteiger partial charge is 0.495 e. The zero-order valence-electron chi connectivity index (χ0n) is 12.3. The van der Waals surface area contributed by atoms with Gasteiger partial charge in [0.2, 0.25) is 0 Å². The lowest BCUT2D eigenvalue weighted by Gasteiger charge is -2.25. The molecule has 1 aromatic carbocycles. The van der Waals surface area contributed by atoms with Crippen molar-refractivity contribution in [3.63, 3.8) is 0 Å². The first-order valence-electron chi connectivity index (χ1n) is 7.03. The topological polar surface area (TPSA) is 39.1 Å². The Hall–Kier alpha value is -1.81. The number of ether oxygens (including phenoxy) is 1. The zero-order valence-corrected chi connectivity index (χ0v) is 12.3. The van der Waals surface area contributed by atoms with Gasteiger partial charge in [-0.25, -0.2) is 4.98 Å². The van der Waals surface area contributed by atoms with Gasteiger partial charge in [-0.05, 0) is 37.6 Å². The number of aromatic nitrogens is 2. The van der Waals surface area contributed by atoms with E-state index in [-0.39, 0.29) is 5.41 Å². The molecule has 1 saturated heterocycles. The quantitative estimate of drug-likeness (QED) is 0.932. The van der Waals surface area contributed by atoms with Gasteiger partial charge in [-0.2, -0.15) is 0 Å². The fourth-order valence-electron chi connectivity index (χ4n) is 2.96. The standard InChI is InChI=1S/C16H21N3O/c1-12-4-5-14(20-3)13(8-12)19-11-18-9-15(19)16(2)6-7-17-10-16/h4-5,8-9,11,17H,6-7,10H2,1-3H3. The van der Waals surface area contributed by atoms with Crippen LogP contribution in [0.2, 0.25) is 0 Å². The van der Waals surface area contributed by atoms with Crippen LogP contribution in [0.15, 0.2) is 30.7 Å². The second-order valence-corrected chi connectivity index (χ2v) is 5.81. The molecule has 3 rings (SSSR count). The fraction of sp³-hybridized carbons (Fsp3) is 0.438. The van der Waals surface area contributed by atoms with E-state index >= 15 is 0 Å². The Morgan fingerprint density at radius 2 is 2.25 bits per heavy atom. The van der Waals surface area contributed by atoms with Gasteiger partial charge in [-0.3, -0.25) is 4.57 Å². The van der Waals surface area contributed by atoms with Crippen molar-refractivity contribution in [1.82, 2.24) is 14.9 Å². The summed E-state index contributed by atoms with van der Waals surface area (Å²) in [7, 11) is 1.71. The molecule has 2 aromatic rings. The van der Waals surface area contributed by atoms with E-state index in [0.717, 1.165) is 30.9 Å². The molecule has 2 heterocycles. The van der Waals surface area contributed by atoms with E-state index < -0.39 is 0 Å². The lowest BCUT2D eigenvalue weighted by atomic mass is 9.86. The third kappa shape index (κ3) is 2.10. The van der Waals surface area contributed by atoms with E-state index in [1.54, 1.807) is 7.11 Å². The molecule has 4 heteroatoms. The van der Waals surface area contributed by atoms with Crippen LogP contribution in [0.4, 0.5) is 0 Å². The Morgan fingerprint density at radius 3 is 2.95 bits per heavy atom. The normalized spacial score (nSPS) is 22.1. The summed E-state index contributed by atoms with van der Waals surface area (Å²) in [4.78, 5) is 4.37. The maximum absolute atomic E-state index is 5.51. The number of hydrogen-bond donors (Lipinski definition) is 1. The number of aryl methyl sites for hydroxylation is 1. The molecule has 0 spiro atoms. The molecule has 106 valence electrons. The first kappa shape index (κ1) is 13.2. The number of methoxy groups -OCH3 is 1. The molecule has 0 bridgehead atoms. The molecule has 1 N–H and O–H groups in total. The van der Waals surface area contributed by atoms with E-state index in [1.807, 2.05) is 18.6 Å². The Labute approximate surface area is 119 Å². The van der Waals surface area contributed by atoms with Gasteiger partial charge in [0.15, 0.2) is 0 Å². The van der Waals surface area contributed by atoms with Crippen molar-refractivity contribution < 1.29 is 4.74 Å². The molecular formula is C16H21N3O. The van der Waals surface area contributed by atoms with Gasteiger partial charge in [-0.15, -0.1) is 0 Å². The van der Waals surface area contributed by atoms with Crippen molar-refractivity contribution in [2.75, 3.05) is 20.2 Å². The molecule has 0 saturated carbocycles. The van der Waals surface area contributed by atoms with Crippen LogP contribution >= 0.6 is 0 Å². The third-order valence-electron chi connectivity index (χ3n) is 4.22. The van der Waals surface area contributed by atoms with Gasteiger partial charge in [0.1, 0.15) is 5.75 Å². The monoisotopic (exact) mass is 271 g/mol. The maximum Gasteiger partial charge on any atom is 0.142 e. The summed E-state index contributed by atoms with van der Waals surface area (Å²) in [6.45, 7) is 6.45. The van der Waals surface area contributed by atoms with Crippen molar-refractivity contribution in [1.29, 1.82) is 0 Å². The Kier molecular flexibility index (Phi) is 3.26. The number of hydrogen-bond acceptors (Lipinski definition) is 3. The van der Waals surface area contributed by atoms with Crippen LogP contribution in [0.3, 0.4) is 0 Å². The molecule has 1 aliphatic rings. The van der Waals surface area contributed by atoms with Gasteiger partial charge in [0, 0.05) is 23.9 Å². The summed E-state index contributed by atoms with van der Waals surface area (Å²) in [6, 6.07) is 6.23. The third-order valence-corrected chi connectivity index (χ3v) is 4.22. The minimum Gasteiger partial charge on any atom is -0.495 e. The lowest BCUT2D eigenvalue weighted by molar-refractivity contribution is 0.410. The predicted molar refractivity (Wildman–Crippen MR) is 79.7 cm³/mol. The molecule has 4 nitrogen and oxygen atoms in total. The SMILES string of the molecule is COc1ccc(C)cc1-n1cncc1C1(C)CCNC1. The molecule has 1 aliphatic heterocycles. The first-order chi connectivity index (χ1) is 9.64. The Balaban J connectivity index is 2.12. The molecule has 20 heavy (non-hydrogen) atoms. The van der Waals surface area contributed by atoms with E-state index in [2.05, 4.69) is 40.8 Å². The first-order valence-corrected chi connectivity index (χ1v) is 7.03. The van der Waals surface area contributed by atoms with E-state index in [9.17, 15) is 0 Å². The van der Waals surface area contributed by atoms with E-state index in [1.165, 1.54) is 11.3 Å². The number of nitrogens with zero attached hydrogens (tertiary/aromatic N) is 2. The van der Waals surface area contributed by atoms with Crippen molar-refractivity contribution in [2.24, 2.45) is 0 Å². The smallest absolute Gasteiger partial charge is 0.142 e. The minimum absolute atomic E-state index is 0.130.